The number of carbonyl (C=O) groups is 1. The number of nitrogens with one attached hydrogen (secondary N) is 1. The zero-order valence-corrected chi connectivity index (χ0v) is 12.6. The maximum atomic E-state index is 11.1. The largest absolute Gasteiger partial charge is 0.301 e. The van der Waals surface area contributed by atoms with Crippen LogP contribution in [0.25, 0.3) is 0 Å². The third kappa shape index (κ3) is 6.65. The first kappa shape index (κ1) is 16.6. The lowest BCUT2D eigenvalue weighted by molar-refractivity contribution is -0.120. The maximum absolute atomic E-state index is 11.1. The Morgan fingerprint density at radius 2 is 1.80 bits per heavy atom. The molecule has 112 valence electrons. The standard InChI is InChI=1S/C13H21N3O3S/c1-16(7-8-20(2,18)19)10-12-5-3-11(4-6-12)9-13(17)15-14/h3-6H,7-10,14H2,1-2H3,(H,15,17). The van der Waals surface area contributed by atoms with Gasteiger partial charge < -0.3 is 4.90 Å². The van der Waals surface area contributed by atoms with E-state index in [1.807, 2.05) is 36.2 Å². The molecule has 20 heavy (non-hydrogen) atoms. The number of amides is 1. The Morgan fingerprint density at radius 1 is 1.25 bits per heavy atom. The fraction of sp³-hybridized carbons (Fsp3) is 0.462. The first-order chi connectivity index (χ1) is 9.30. The summed E-state index contributed by atoms with van der Waals surface area (Å²) in [6.45, 7) is 1.16. The van der Waals surface area contributed by atoms with Crippen LogP contribution in [-0.2, 0) is 27.6 Å². The number of nitrogens with two attached hydrogens (primary N) is 1. The zero-order chi connectivity index (χ0) is 15.2. The van der Waals surface area contributed by atoms with Gasteiger partial charge in [-0.05, 0) is 18.2 Å². The first-order valence-corrected chi connectivity index (χ1v) is 8.30. The number of hydrazine groups is 1. The van der Waals surface area contributed by atoms with Crippen LogP contribution in [0.15, 0.2) is 24.3 Å². The van der Waals surface area contributed by atoms with Crippen LogP contribution in [0.1, 0.15) is 11.1 Å². The Balaban J connectivity index is 2.50. The molecule has 1 aromatic rings. The highest BCUT2D eigenvalue weighted by Crippen LogP contribution is 2.07. The highest BCUT2D eigenvalue weighted by Gasteiger charge is 2.07. The lowest BCUT2D eigenvalue weighted by Gasteiger charge is -2.16. The SMILES string of the molecule is CN(CCS(C)(=O)=O)Cc1ccc(CC(=O)NN)cc1. The van der Waals surface area contributed by atoms with Gasteiger partial charge in [-0.2, -0.15) is 0 Å². The molecule has 0 fully saturated rings. The predicted octanol–water partition coefficient (Wildman–Crippen LogP) is -0.305. The van der Waals surface area contributed by atoms with Crippen LogP contribution in [0.5, 0.6) is 0 Å². The maximum Gasteiger partial charge on any atom is 0.238 e. The molecule has 0 spiro atoms. The average Bonchev–Trinajstić information content (AvgIpc) is 2.38. The minimum Gasteiger partial charge on any atom is -0.301 e. The van der Waals surface area contributed by atoms with E-state index < -0.39 is 9.84 Å². The van der Waals surface area contributed by atoms with Crippen molar-refractivity contribution in [2.75, 3.05) is 25.6 Å². The van der Waals surface area contributed by atoms with Crippen LogP contribution in [0.3, 0.4) is 0 Å². The molecule has 6 nitrogen and oxygen atoms in total. The Morgan fingerprint density at radius 3 is 2.30 bits per heavy atom. The molecule has 0 aliphatic carbocycles. The summed E-state index contributed by atoms with van der Waals surface area (Å²) in [5.74, 6) is 4.95. The molecule has 0 saturated carbocycles. The molecule has 0 heterocycles. The summed E-state index contributed by atoms with van der Waals surface area (Å²) in [7, 11) is -1.06. The van der Waals surface area contributed by atoms with Crippen LogP contribution in [-0.4, -0.2) is 44.8 Å². The molecule has 0 aliphatic heterocycles. The van der Waals surface area contributed by atoms with Crippen molar-refractivity contribution in [3.8, 4) is 0 Å². The highest BCUT2D eigenvalue weighted by molar-refractivity contribution is 7.90. The number of rotatable bonds is 7. The molecule has 0 saturated heterocycles. The number of benzene rings is 1. The fourth-order valence-corrected chi connectivity index (χ4v) is 2.35. The van der Waals surface area contributed by atoms with E-state index >= 15 is 0 Å². The van der Waals surface area contributed by atoms with Crippen molar-refractivity contribution >= 4 is 15.7 Å². The molecule has 1 rings (SSSR count). The number of carbonyl (C=O) groups excluding carboxylic acids is 1. The van der Waals surface area contributed by atoms with E-state index in [0.29, 0.717) is 13.1 Å². The summed E-state index contributed by atoms with van der Waals surface area (Å²) >= 11 is 0. The molecule has 1 amide bonds. The Kier molecular flexibility index (Phi) is 6.12. The molecule has 0 radical (unpaired) electrons. The lowest BCUT2D eigenvalue weighted by atomic mass is 10.1. The molecule has 0 unspecified atom stereocenters. The number of nitrogens with zero attached hydrogens (tertiary/aromatic N) is 1. The zero-order valence-electron chi connectivity index (χ0n) is 11.8. The molecule has 1 aromatic carbocycles. The molecule has 0 aliphatic rings. The van der Waals surface area contributed by atoms with Gasteiger partial charge in [0.25, 0.3) is 0 Å². The molecule has 0 bridgehead atoms. The summed E-state index contributed by atoms with van der Waals surface area (Å²) < 4.78 is 22.2. The average molecular weight is 299 g/mol. The second-order valence-electron chi connectivity index (χ2n) is 4.93. The minimum absolute atomic E-state index is 0.151. The number of hydrogen-bond donors (Lipinski definition) is 2. The molecule has 0 aromatic heterocycles. The topological polar surface area (TPSA) is 92.5 Å². The van der Waals surface area contributed by atoms with Crippen LogP contribution in [0.4, 0.5) is 0 Å². The van der Waals surface area contributed by atoms with Crippen LogP contribution in [0, 0.1) is 0 Å². The van der Waals surface area contributed by atoms with Gasteiger partial charge in [0.05, 0.1) is 12.2 Å². The summed E-state index contributed by atoms with van der Waals surface area (Å²) in [6.07, 6.45) is 1.48. The third-order valence-corrected chi connectivity index (χ3v) is 3.77. The number of hydrogen-bond acceptors (Lipinski definition) is 5. The van der Waals surface area contributed by atoms with Crippen molar-refractivity contribution in [3.63, 3.8) is 0 Å². The van der Waals surface area contributed by atoms with Gasteiger partial charge in [0.1, 0.15) is 9.84 Å². The van der Waals surface area contributed by atoms with Gasteiger partial charge in [-0.1, -0.05) is 24.3 Å². The third-order valence-electron chi connectivity index (χ3n) is 2.84. The second-order valence-corrected chi connectivity index (χ2v) is 7.19. The summed E-state index contributed by atoms with van der Waals surface area (Å²) in [6, 6.07) is 7.59. The molecule has 0 atom stereocenters. The van der Waals surface area contributed by atoms with E-state index in [2.05, 4.69) is 5.43 Å². The van der Waals surface area contributed by atoms with Crippen molar-refractivity contribution < 1.29 is 13.2 Å². The Hall–Kier alpha value is -1.44. The van der Waals surface area contributed by atoms with Gasteiger partial charge in [0.2, 0.25) is 5.91 Å². The first-order valence-electron chi connectivity index (χ1n) is 6.23. The Bertz CT molecular complexity index is 540. The Labute approximate surface area is 119 Å². The predicted molar refractivity (Wildman–Crippen MR) is 78.5 cm³/mol. The molecular weight excluding hydrogens is 278 g/mol. The van der Waals surface area contributed by atoms with Crippen molar-refractivity contribution in [1.82, 2.24) is 10.3 Å². The summed E-state index contributed by atoms with van der Waals surface area (Å²) in [5, 5.41) is 0. The summed E-state index contributed by atoms with van der Waals surface area (Å²) in [5.41, 5.74) is 4.04. The fourth-order valence-electron chi connectivity index (χ4n) is 1.71. The van der Waals surface area contributed by atoms with Gasteiger partial charge in [-0.25, -0.2) is 14.3 Å². The second kappa shape index (κ2) is 7.37. The smallest absolute Gasteiger partial charge is 0.238 e. The van der Waals surface area contributed by atoms with E-state index in [4.69, 9.17) is 5.84 Å². The van der Waals surface area contributed by atoms with Crippen LogP contribution >= 0.6 is 0 Å². The van der Waals surface area contributed by atoms with Crippen molar-refractivity contribution in [3.05, 3.63) is 35.4 Å². The van der Waals surface area contributed by atoms with E-state index in [1.165, 1.54) is 6.26 Å². The van der Waals surface area contributed by atoms with Gasteiger partial charge in [0, 0.05) is 19.3 Å². The van der Waals surface area contributed by atoms with Crippen molar-refractivity contribution in [1.29, 1.82) is 0 Å². The van der Waals surface area contributed by atoms with Gasteiger partial charge in [0.15, 0.2) is 0 Å². The summed E-state index contributed by atoms with van der Waals surface area (Å²) in [4.78, 5) is 13.1. The lowest BCUT2D eigenvalue weighted by Crippen LogP contribution is -2.31. The quantitative estimate of drug-likeness (QED) is 0.409. The monoisotopic (exact) mass is 299 g/mol. The highest BCUT2D eigenvalue weighted by atomic mass is 32.2. The van der Waals surface area contributed by atoms with Gasteiger partial charge in [-0.15, -0.1) is 0 Å². The normalized spacial score (nSPS) is 11.6. The minimum atomic E-state index is -2.93. The molecular formula is C13H21N3O3S. The van der Waals surface area contributed by atoms with Crippen molar-refractivity contribution in [2.45, 2.75) is 13.0 Å². The van der Waals surface area contributed by atoms with Crippen molar-refractivity contribution in [2.24, 2.45) is 5.84 Å². The van der Waals surface area contributed by atoms with Gasteiger partial charge >= 0.3 is 0 Å². The molecule has 3 N–H and O–H groups in total. The number of sulfone groups is 1. The van der Waals surface area contributed by atoms with E-state index in [9.17, 15) is 13.2 Å². The van der Waals surface area contributed by atoms with E-state index in [-0.39, 0.29) is 18.1 Å². The van der Waals surface area contributed by atoms with Crippen LogP contribution in [0.2, 0.25) is 0 Å². The van der Waals surface area contributed by atoms with E-state index in [1.54, 1.807) is 0 Å². The van der Waals surface area contributed by atoms with E-state index in [0.717, 1.165) is 11.1 Å². The van der Waals surface area contributed by atoms with Gasteiger partial charge in [-0.3, -0.25) is 10.2 Å². The molecule has 7 heteroatoms. The van der Waals surface area contributed by atoms with Crippen LogP contribution < -0.4 is 11.3 Å².